The summed E-state index contributed by atoms with van der Waals surface area (Å²) in [5, 5.41) is 8.85. The minimum atomic E-state index is -0.535. The van der Waals surface area contributed by atoms with E-state index in [0.717, 1.165) is 12.8 Å². The lowest BCUT2D eigenvalue weighted by Crippen LogP contribution is -2.50. The molecule has 2 N–H and O–H groups in total. The molecular weight excluding hydrogens is 242 g/mol. The summed E-state index contributed by atoms with van der Waals surface area (Å²) in [6.07, 6.45) is 2.38. The van der Waals surface area contributed by atoms with Gasteiger partial charge < -0.3 is 10.6 Å². The number of rotatable bonds is 2. The number of carbonyl (C=O) groups excluding carboxylic acids is 2. The lowest BCUT2D eigenvalue weighted by atomic mass is 10.00. The van der Waals surface area contributed by atoms with Crippen molar-refractivity contribution in [3.63, 3.8) is 0 Å². The average Bonchev–Trinajstić information content (AvgIpc) is 2.46. The van der Waals surface area contributed by atoms with Crippen molar-refractivity contribution >= 4 is 11.8 Å². The largest absolute Gasteiger partial charge is 0.368 e. The third-order valence-corrected chi connectivity index (χ3v) is 3.33. The molecule has 1 fully saturated rings. The maximum Gasteiger partial charge on any atom is 0.254 e. The van der Waals surface area contributed by atoms with Gasteiger partial charge in [-0.25, -0.2) is 0 Å². The van der Waals surface area contributed by atoms with Gasteiger partial charge in [0.1, 0.15) is 6.04 Å². The van der Waals surface area contributed by atoms with Gasteiger partial charge in [-0.2, -0.15) is 5.26 Å². The van der Waals surface area contributed by atoms with Crippen LogP contribution in [0.1, 0.15) is 35.2 Å². The molecule has 1 aromatic rings. The number of primary amides is 1. The molecule has 0 bridgehead atoms. The summed E-state index contributed by atoms with van der Waals surface area (Å²) in [4.78, 5) is 25.3. The number of carbonyl (C=O) groups is 2. The number of nitrogens with two attached hydrogens (primary N) is 1. The Hall–Kier alpha value is -2.35. The fraction of sp³-hybridized carbons (Fsp3) is 0.357. The van der Waals surface area contributed by atoms with E-state index in [0.29, 0.717) is 24.1 Å². The van der Waals surface area contributed by atoms with Gasteiger partial charge in [0.2, 0.25) is 5.91 Å². The Morgan fingerprint density at radius 2 is 2.16 bits per heavy atom. The van der Waals surface area contributed by atoms with E-state index < -0.39 is 11.9 Å². The van der Waals surface area contributed by atoms with E-state index in [9.17, 15) is 9.59 Å². The SMILES string of the molecule is N#Cc1cccc(C(=O)N2CCCCC2C(N)=O)c1. The minimum Gasteiger partial charge on any atom is -0.368 e. The van der Waals surface area contributed by atoms with Gasteiger partial charge in [0.05, 0.1) is 11.6 Å². The van der Waals surface area contributed by atoms with Crippen molar-refractivity contribution in [2.75, 3.05) is 6.54 Å². The maximum absolute atomic E-state index is 12.4. The Kier molecular flexibility index (Phi) is 3.81. The first-order chi connectivity index (χ1) is 9.13. The van der Waals surface area contributed by atoms with Gasteiger partial charge in [0.15, 0.2) is 0 Å². The molecule has 2 rings (SSSR count). The van der Waals surface area contributed by atoms with Crippen LogP contribution in [0.25, 0.3) is 0 Å². The van der Waals surface area contributed by atoms with Crippen LogP contribution in [0.5, 0.6) is 0 Å². The fourth-order valence-corrected chi connectivity index (χ4v) is 2.36. The summed E-state index contributed by atoms with van der Waals surface area (Å²) in [5.41, 5.74) is 6.20. The van der Waals surface area contributed by atoms with Crippen molar-refractivity contribution in [3.8, 4) is 6.07 Å². The number of likely N-dealkylation sites (tertiary alicyclic amines) is 1. The first kappa shape index (κ1) is 13.1. The molecule has 1 aliphatic rings. The Labute approximate surface area is 111 Å². The van der Waals surface area contributed by atoms with Crippen LogP contribution in [0.15, 0.2) is 24.3 Å². The normalized spacial score (nSPS) is 18.7. The van der Waals surface area contributed by atoms with Crippen LogP contribution in [-0.4, -0.2) is 29.3 Å². The molecule has 0 radical (unpaired) electrons. The number of hydrogen-bond acceptors (Lipinski definition) is 3. The van der Waals surface area contributed by atoms with Crippen LogP contribution in [0.2, 0.25) is 0 Å². The Morgan fingerprint density at radius 1 is 1.37 bits per heavy atom. The zero-order chi connectivity index (χ0) is 13.8. The number of hydrogen-bond donors (Lipinski definition) is 1. The Balaban J connectivity index is 2.26. The number of nitrogens with zero attached hydrogens (tertiary/aromatic N) is 2. The molecule has 5 nitrogen and oxygen atoms in total. The molecule has 0 spiro atoms. The van der Waals surface area contributed by atoms with Crippen molar-refractivity contribution in [2.45, 2.75) is 25.3 Å². The van der Waals surface area contributed by atoms with Crippen LogP contribution in [-0.2, 0) is 4.79 Å². The molecule has 5 heteroatoms. The third-order valence-electron chi connectivity index (χ3n) is 3.33. The maximum atomic E-state index is 12.4. The highest BCUT2D eigenvalue weighted by molar-refractivity contribution is 5.97. The number of piperidine rings is 1. The number of benzene rings is 1. The van der Waals surface area contributed by atoms with Crippen LogP contribution in [0.3, 0.4) is 0 Å². The molecule has 0 saturated carbocycles. The van der Waals surface area contributed by atoms with E-state index in [2.05, 4.69) is 0 Å². The monoisotopic (exact) mass is 257 g/mol. The van der Waals surface area contributed by atoms with Crippen LogP contribution >= 0.6 is 0 Å². The number of nitriles is 1. The van der Waals surface area contributed by atoms with E-state index in [1.807, 2.05) is 6.07 Å². The second-order valence-corrected chi connectivity index (χ2v) is 4.61. The van der Waals surface area contributed by atoms with Crippen molar-refractivity contribution in [2.24, 2.45) is 5.73 Å². The van der Waals surface area contributed by atoms with Gasteiger partial charge in [0.25, 0.3) is 5.91 Å². The Bertz CT molecular complexity index is 548. The predicted octanol–water partition coefficient (Wildman–Crippen LogP) is 1.04. The van der Waals surface area contributed by atoms with E-state index in [-0.39, 0.29) is 5.91 Å². The summed E-state index contributed by atoms with van der Waals surface area (Å²) in [5.74, 6) is -0.704. The lowest BCUT2D eigenvalue weighted by Gasteiger charge is -2.33. The highest BCUT2D eigenvalue weighted by Gasteiger charge is 2.31. The smallest absolute Gasteiger partial charge is 0.254 e. The lowest BCUT2D eigenvalue weighted by molar-refractivity contribution is -0.123. The molecule has 2 amide bonds. The van der Waals surface area contributed by atoms with E-state index in [1.54, 1.807) is 18.2 Å². The van der Waals surface area contributed by atoms with E-state index in [4.69, 9.17) is 11.0 Å². The molecule has 0 aliphatic carbocycles. The summed E-state index contributed by atoms with van der Waals surface area (Å²) in [6, 6.07) is 7.95. The molecule has 0 aromatic heterocycles. The molecule has 1 aliphatic heterocycles. The topological polar surface area (TPSA) is 87.2 Å². The zero-order valence-electron chi connectivity index (χ0n) is 10.5. The minimum absolute atomic E-state index is 0.236. The molecular formula is C14H15N3O2. The summed E-state index contributed by atoms with van der Waals surface area (Å²) < 4.78 is 0. The van der Waals surface area contributed by atoms with E-state index in [1.165, 1.54) is 11.0 Å². The average molecular weight is 257 g/mol. The van der Waals surface area contributed by atoms with Gasteiger partial charge in [-0.15, -0.1) is 0 Å². The van der Waals surface area contributed by atoms with Gasteiger partial charge >= 0.3 is 0 Å². The van der Waals surface area contributed by atoms with Crippen LogP contribution < -0.4 is 5.73 Å². The third kappa shape index (κ3) is 2.74. The fourth-order valence-electron chi connectivity index (χ4n) is 2.36. The van der Waals surface area contributed by atoms with Gasteiger partial charge in [-0.3, -0.25) is 9.59 Å². The van der Waals surface area contributed by atoms with Crippen molar-refractivity contribution in [1.29, 1.82) is 5.26 Å². The molecule has 1 unspecified atom stereocenters. The molecule has 19 heavy (non-hydrogen) atoms. The number of amides is 2. The summed E-state index contributed by atoms with van der Waals surface area (Å²) in [6.45, 7) is 0.531. The van der Waals surface area contributed by atoms with Crippen LogP contribution in [0, 0.1) is 11.3 Å². The van der Waals surface area contributed by atoms with Crippen molar-refractivity contribution in [3.05, 3.63) is 35.4 Å². The quantitative estimate of drug-likeness (QED) is 0.858. The highest BCUT2D eigenvalue weighted by Crippen LogP contribution is 2.20. The first-order valence-corrected chi connectivity index (χ1v) is 6.24. The van der Waals surface area contributed by atoms with Crippen LogP contribution in [0.4, 0.5) is 0 Å². The molecule has 1 aromatic carbocycles. The zero-order valence-corrected chi connectivity index (χ0v) is 10.5. The highest BCUT2D eigenvalue weighted by atomic mass is 16.2. The van der Waals surface area contributed by atoms with Gasteiger partial charge in [0, 0.05) is 12.1 Å². The predicted molar refractivity (Wildman–Crippen MR) is 69.0 cm³/mol. The molecule has 1 heterocycles. The second kappa shape index (κ2) is 5.53. The molecule has 1 atom stereocenters. The standard InChI is InChI=1S/C14H15N3O2/c15-9-10-4-3-5-11(8-10)14(19)17-7-2-1-6-12(17)13(16)18/h3-5,8,12H,1-2,6-7H2,(H2,16,18). The van der Waals surface area contributed by atoms with Crippen molar-refractivity contribution < 1.29 is 9.59 Å². The van der Waals surface area contributed by atoms with Crippen molar-refractivity contribution in [1.82, 2.24) is 4.90 Å². The van der Waals surface area contributed by atoms with Gasteiger partial charge in [-0.1, -0.05) is 6.07 Å². The van der Waals surface area contributed by atoms with Gasteiger partial charge in [-0.05, 0) is 37.5 Å². The summed E-state index contributed by atoms with van der Waals surface area (Å²) >= 11 is 0. The van der Waals surface area contributed by atoms with E-state index >= 15 is 0 Å². The first-order valence-electron chi connectivity index (χ1n) is 6.24. The Morgan fingerprint density at radius 3 is 2.84 bits per heavy atom. The molecule has 98 valence electrons. The second-order valence-electron chi connectivity index (χ2n) is 4.61. The summed E-state index contributed by atoms with van der Waals surface area (Å²) in [7, 11) is 0. The molecule has 1 saturated heterocycles.